The lowest BCUT2D eigenvalue weighted by atomic mass is 10.3. The number of nitrogens with one attached hydrogen (secondary N) is 1. The topological polar surface area (TPSA) is 58.1 Å². The second-order valence-corrected chi connectivity index (χ2v) is 3.97. The van der Waals surface area contributed by atoms with E-state index in [-0.39, 0.29) is 11.2 Å². The van der Waals surface area contributed by atoms with Crippen molar-refractivity contribution in [1.29, 1.82) is 0 Å². The molecule has 1 N–H and O–H groups in total. The van der Waals surface area contributed by atoms with Crippen molar-refractivity contribution in [2.24, 2.45) is 0 Å². The summed E-state index contributed by atoms with van der Waals surface area (Å²) < 4.78 is 0. The molecule has 5 nitrogen and oxygen atoms in total. The van der Waals surface area contributed by atoms with Crippen LogP contribution >= 0.6 is 11.6 Å². The number of hydrogen-bond acceptors (Lipinski definition) is 4. The standard InChI is InChI=1S/C10H13ClN4O/c11-10-13-6-8(7-14-10)9(16)15-4-1-2-12-3-5-15/h6-7,12H,1-5H2. The van der Waals surface area contributed by atoms with Gasteiger partial charge in [0.15, 0.2) is 0 Å². The third-order valence-corrected chi connectivity index (χ3v) is 2.69. The molecule has 2 heterocycles. The summed E-state index contributed by atoms with van der Waals surface area (Å²) in [6.07, 6.45) is 3.91. The molecule has 0 radical (unpaired) electrons. The number of amides is 1. The van der Waals surface area contributed by atoms with E-state index in [1.54, 1.807) is 0 Å². The number of aromatic nitrogens is 2. The van der Waals surface area contributed by atoms with Gasteiger partial charge in [0.2, 0.25) is 5.28 Å². The van der Waals surface area contributed by atoms with Crippen molar-refractivity contribution in [1.82, 2.24) is 20.2 Å². The van der Waals surface area contributed by atoms with E-state index in [0.717, 1.165) is 32.6 Å². The van der Waals surface area contributed by atoms with Gasteiger partial charge < -0.3 is 10.2 Å². The zero-order valence-corrected chi connectivity index (χ0v) is 9.57. The van der Waals surface area contributed by atoms with Crippen molar-refractivity contribution >= 4 is 17.5 Å². The van der Waals surface area contributed by atoms with Crippen LogP contribution < -0.4 is 5.32 Å². The fourth-order valence-corrected chi connectivity index (χ4v) is 1.75. The molecule has 0 bridgehead atoms. The Kier molecular flexibility index (Phi) is 3.69. The molecule has 1 amide bonds. The number of carbonyl (C=O) groups is 1. The number of halogens is 1. The molecule has 0 atom stereocenters. The van der Waals surface area contributed by atoms with Gasteiger partial charge in [0.1, 0.15) is 0 Å². The molecule has 6 heteroatoms. The highest BCUT2D eigenvalue weighted by molar-refractivity contribution is 6.28. The molecule has 86 valence electrons. The van der Waals surface area contributed by atoms with E-state index in [1.165, 1.54) is 12.4 Å². The second kappa shape index (κ2) is 5.23. The Morgan fingerprint density at radius 1 is 1.31 bits per heavy atom. The molecule has 0 spiro atoms. The number of rotatable bonds is 1. The first-order valence-corrected chi connectivity index (χ1v) is 5.63. The fraction of sp³-hybridized carbons (Fsp3) is 0.500. The maximum absolute atomic E-state index is 12.0. The van der Waals surface area contributed by atoms with Crippen LogP contribution in [0.3, 0.4) is 0 Å². The number of nitrogens with zero attached hydrogens (tertiary/aromatic N) is 3. The van der Waals surface area contributed by atoms with Crippen LogP contribution in [0.2, 0.25) is 5.28 Å². The van der Waals surface area contributed by atoms with Gasteiger partial charge in [-0.1, -0.05) is 0 Å². The quantitative estimate of drug-likeness (QED) is 0.729. The molecule has 0 aromatic carbocycles. The van der Waals surface area contributed by atoms with Crippen LogP contribution in [0.1, 0.15) is 16.8 Å². The van der Waals surface area contributed by atoms with E-state index < -0.39 is 0 Å². The fourth-order valence-electron chi connectivity index (χ4n) is 1.65. The van der Waals surface area contributed by atoms with Gasteiger partial charge >= 0.3 is 0 Å². The Balaban J connectivity index is 2.08. The van der Waals surface area contributed by atoms with E-state index in [1.807, 2.05) is 4.90 Å². The highest BCUT2D eigenvalue weighted by atomic mass is 35.5. The summed E-state index contributed by atoms with van der Waals surface area (Å²) in [5.41, 5.74) is 0.492. The average molecular weight is 241 g/mol. The van der Waals surface area contributed by atoms with E-state index in [0.29, 0.717) is 5.56 Å². The van der Waals surface area contributed by atoms with Crippen LogP contribution in [-0.4, -0.2) is 47.0 Å². The maximum atomic E-state index is 12.0. The largest absolute Gasteiger partial charge is 0.337 e. The Morgan fingerprint density at radius 2 is 2.06 bits per heavy atom. The molecule has 0 unspecified atom stereocenters. The Labute approximate surface area is 98.8 Å². The van der Waals surface area contributed by atoms with Gasteiger partial charge in [-0.25, -0.2) is 9.97 Å². The smallest absolute Gasteiger partial charge is 0.257 e. The molecule has 1 saturated heterocycles. The van der Waals surface area contributed by atoms with Crippen molar-refractivity contribution in [2.45, 2.75) is 6.42 Å². The van der Waals surface area contributed by atoms with Crippen molar-refractivity contribution in [3.63, 3.8) is 0 Å². The Hall–Kier alpha value is -1.20. The molecule has 1 aliphatic heterocycles. The minimum atomic E-state index is -0.0274. The lowest BCUT2D eigenvalue weighted by Gasteiger charge is -2.19. The molecular weight excluding hydrogens is 228 g/mol. The summed E-state index contributed by atoms with van der Waals surface area (Å²) in [7, 11) is 0. The molecule has 0 saturated carbocycles. The molecule has 2 rings (SSSR count). The highest BCUT2D eigenvalue weighted by Gasteiger charge is 2.17. The summed E-state index contributed by atoms with van der Waals surface area (Å²) in [5, 5.41) is 3.41. The predicted octanol–water partition coefficient (Wildman–Crippen LogP) is 0.565. The van der Waals surface area contributed by atoms with Gasteiger partial charge in [0, 0.05) is 32.0 Å². The summed E-state index contributed by atoms with van der Waals surface area (Å²) in [6.45, 7) is 3.29. The van der Waals surface area contributed by atoms with Gasteiger partial charge in [-0.05, 0) is 24.6 Å². The zero-order valence-electron chi connectivity index (χ0n) is 8.82. The minimum Gasteiger partial charge on any atom is -0.337 e. The lowest BCUT2D eigenvalue weighted by molar-refractivity contribution is 0.0765. The van der Waals surface area contributed by atoms with Gasteiger partial charge in [-0.3, -0.25) is 4.79 Å². The SMILES string of the molecule is O=C(c1cnc(Cl)nc1)N1CCCNCC1. The molecule has 16 heavy (non-hydrogen) atoms. The van der Waals surface area contributed by atoms with Crippen LogP contribution in [0.15, 0.2) is 12.4 Å². The van der Waals surface area contributed by atoms with Crippen LogP contribution in [0, 0.1) is 0 Å². The molecule has 0 aliphatic carbocycles. The summed E-state index contributed by atoms with van der Waals surface area (Å²) in [4.78, 5) is 21.5. The average Bonchev–Trinajstić information content (AvgIpc) is 2.57. The minimum absolute atomic E-state index is 0.0274. The summed E-state index contributed by atoms with van der Waals surface area (Å²) in [5.74, 6) is -0.0274. The molecule has 1 aromatic heterocycles. The number of hydrogen-bond donors (Lipinski definition) is 1. The Morgan fingerprint density at radius 3 is 2.81 bits per heavy atom. The van der Waals surface area contributed by atoms with Gasteiger partial charge in [0.25, 0.3) is 5.91 Å². The first kappa shape index (κ1) is 11.3. The van der Waals surface area contributed by atoms with E-state index in [4.69, 9.17) is 11.6 Å². The van der Waals surface area contributed by atoms with Crippen LogP contribution in [0.4, 0.5) is 0 Å². The van der Waals surface area contributed by atoms with Gasteiger partial charge in [0.05, 0.1) is 5.56 Å². The normalized spacial score (nSPS) is 16.9. The zero-order chi connectivity index (χ0) is 11.4. The summed E-state index contributed by atoms with van der Waals surface area (Å²) in [6, 6.07) is 0. The van der Waals surface area contributed by atoms with E-state index in [2.05, 4.69) is 15.3 Å². The van der Waals surface area contributed by atoms with Crippen molar-refractivity contribution < 1.29 is 4.79 Å². The highest BCUT2D eigenvalue weighted by Crippen LogP contribution is 2.06. The third-order valence-electron chi connectivity index (χ3n) is 2.49. The Bertz CT molecular complexity index is 360. The van der Waals surface area contributed by atoms with Crippen molar-refractivity contribution in [3.05, 3.63) is 23.2 Å². The summed E-state index contributed by atoms with van der Waals surface area (Å²) >= 11 is 5.57. The first-order chi connectivity index (χ1) is 7.77. The van der Waals surface area contributed by atoms with E-state index in [9.17, 15) is 4.79 Å². The molecule has 1 fully saturated rings. The monoisotopic (exact) mass is 240 g/mol. The van der Waals surface area contributed by atoms with Crippen LogP contribution in [-0.2, 0) is 0 Å². The van der Waals surface area contributed by atoms with Gasteiger partial charge in [-0.15, -0.1) is 0 Å². The second-order valence-electron chi connectivity index (χ2n) is 3.64. The van der Waals surface area contributed by atoms with E-state index >= 15 is 0 Å². The molecule has 1 aromatic rings. The first-order valence-electron chi connectivity index (χ1n) is 5.25. The number of carbonyl (C=O) groups excluding carboxylic acids is 1. The predicted molar refractivity (Wildman–Crippen MR) is 60.4 cm³/mol. The molecular formula is C10H13ClN4O. The van der Waals surface area contributed by atoms with Crippen molar-refractivity contribution in [2.75, 3.05) is 26.2 Å². The maximum Gasteiger partial charge on any atom is 0.257 e. The van der Waals surface area contributed by atoms with Crippen LogP contribution in [0.5, 0.6) is 0 Å². The third kappa shape index (κ3) is 2.68. The molecule has 1 aliphatic rings. The van der Waals surface area contributed by atoms with Gasteiger partial charge in [-0.2, -0.15) is 0 Å². The van der Waals surface area contributed by atoms with Crippen LogP contribution in [0.25, 0.3) is 0 Å². The lowest BCUT2D eigenvalue weighted by Crippen LogP contribution is -2.34. The van der Waals surface area contributed by atoms with Crippen molar-refractivity contribution in [3.8, 4) is 0 Å².